The molecule has 0 radical (unpaired) electrons. The van der Waals surface area contributed by atoms with Crippen LogP contribution in [0.25, 0.3) is 0 Å². The Hall–Kier alpha value is -1.91. The molecule has 0 bridgehead atoms. The Bertz CT molecular complexity index is 359. The smallest absolute Gasteiger partial charge is 0.397 e. The van der Waals surface area contributed by atoms with E-state index in [0.717, 1.165) is 5.69 Å². The summed E-state index contributed by atoms with van der Waals surface area (Å²) in [6.45, 7) is 3.65. The van der Waals surface area contributed by atoms with Crippen molar-refractivity contribution in [1.29, 1.82) is 0 Å². The topological polar surface area (TPSA) is 68.3 Å². The van der Waals surface area contributed by atoms with Crippen molar-refractivity contribution < 1.29 is 14.3 Å². The minimum Gasteiger partial charge on any atom is -0.459 e. The molecule has 0 spiro atoms. The van der Waals surface area contributed by atoms with Gasteiger partial charge in [-0.05, 0) is 26.0 Å². The highest BCUT2D eigenvalue weighted by atomic mass is 16.5. The van der Waals surface area contributed by atoms with Gasteiger partial charge < -0.3 is 10.1 Å². The molecule has 0 saturated heterocycles. The Labute approximate surface area is 87.5 Å². The molecule has 0 saturated carbocycles. The fourth-order valence-corrected chi connectivity index (χ4v) is 0.921. The average molecular weight is 208 g/mol. The lowest BCUT2D eigenvalue weighted by atomic mass is 10.3. The summed E-state index contributed by atoms with van der Waals surface area (Å²) in [5, 5.41) is 2.38. The minimum atomic E-state index is -0.891. The van der Waals surface area contributed by atoms with Crippen LogP contribution >= 0.6 is 0 Å². The van der Waals surface area contributed by atoms with Gasteiger partial charge in [-0.2, -0.15) is 0 Å². The largest absolute Gasteiger partial charge is 0.459 e. The van der Waals surface area contributed by atoms with Crippen LogP contribution in [0.1, 0.15) is 12.6 Å². The predicted molar refractivity (Wildman–Crippen MR) is 54.2 cm³/mol. The number of hydrogen-bond acceptors (Lipinski definition) is 4. The van der Waals surface area contributed by atoms with Crippen LogP contribution in [0.4, 0.5) is 5.69 Å². The van der Waals surface area contributed by atoms with E-state index >= 15 is 0 Å². The highest BCUT2D eigenvalue weighted by Crippen LogP contribution is 2.05. The van der Waals surface area contributed by atoms with Crippen LogP contribution in [0.2, 0.25) is 0 Å². The van der Waals surface area contributed by atoms with Gasteiger partial charge in [-0.25, -0.2) is 4.79 Å². The summed E-state index contributed by atoms with van der Waals surface area (Å²) >= 11 is 0. The molecule has 5 nitrogen and oxygen atoms in total. The second-order valence-corrected chi connectivity index (χ2v) is 2.86. The summed E-state index contributed by atoms with van der Waals surface area (Å²) in [5.41, 5.74) is 1.31. The van der Waals surface area contributed by atoms with Crippen LogP contribution < -0.4 is 5.32 Å². The zero-order valence-electron chi connectivity index (χ0n) is 8.61. The lowest BCUT2D eigenvalue weighted by molar-refractivity contribution is -0.152. The molecule has 1 amide bonds. The molecule has 5 heteroatoms. The van der Waals surface area contributed by atoms with E-state index in [4.69, 9.17) is 0 Å². The van der Waals surface area contributed by atoms with Crippen LogP contribution in [-0.2, 0) is 14.3 Å². The zero-order valence-corrected chi connectivity index (χ0v) is 8.61. The Morgan fingerprint density at radius 3 is 2.73 bits per heavy atom. The summed E-state index contributed by atoms with van der Waals surface area (Å²) in [6, 6.07) is 3.40. The summed E-state index contributed by atoms with van der Waals surface area (Å²) in [4.78, 5) is 26.1. The summed E-state index contributed by atoms with van der Waals surface area (Å²) in [7, 11) is 0. The molecule has 1 aromatic heterocycles. The van der Waals surface area contributed by atoms with Crippen molar-refractivity contribution in [3.05, 3.63) is 24.0 Å². The number of carbonyl (C=O) groups is 2. The van der Waals surface area contributed by atoms with Crippen LogP contribution in [0.5, 0.6) is 0 Å². The fourth-order valence-electron chi connectivity index (χ4n) is 0.921. The molecule has 1 rings (SSSR count). The predicted octanol–water partition coefficient (Wildman–Crippen LogP) is 0.892. The Balaban J connectivity index is 2.58. The first kappa shape index (κ1) is 11.2. The van der Waals surface area contributed by atoms with E-state index in [0.29, 0.717) is 5.69 Å². The number of anilines is 1. The molecule has 80 valence electrons. The molecule has 0 fully saturated rings. The lowest BCUT2D eigenvalue weighted by Gasteiger charge is -2.03. The standard InChI is InChI=1S/C10H12N2O3/c1-3-15-10(14)9(13)12-8-5-4-7(2)11-6-8/h4-6H,3H2,1-2H3,(H,12,13). The van der Waals surface area contributed by atoms with Gasteiger partial charge in [-0.15, -0.1) is 0 Å². The Kier molecular flexibility index (Phi) is 3.79. The van der Waals surface area contributed by atoms with Gasteiger partial charge in [-0.3, -0.25) is 9.78 Å². The van der Waals surface area contributed by atoms with Gasteiger partial charge in [-0.1, -0.05) is 0 Å². The second-order valence-electron chi connectivity index (χ2n) is 2.86. The molecular weight excluding hydrogens is 196 g/mol. The summed E-state index contributed by atoms with van der Waals surface area (Å²) in [6.07, 6.45) is 1.48. The van der Waals surface area contributed by atoms with E-state index in [9.17, 15) is 9.59 Å². The molecule has 0 unspecified atom stereocenters. The van der Waals surface area contributed by atoms with E-state index in [1.807, 2.05) is 6.92 Å². The zero-order chi connectivity index (χ0) is 11.3. The highest BCUT2D eigenvalue weighted by molar-refractivity contribution is 6.37. The molecule has 0 aliphatic rings. The number of pyridine rings is 1. The van der Waals surface area contributed by atoms with Gasteiger partial charge >= 0.3 is 11.9 Å². The number of nitrogens with zero attached hydrogens (tertiary/aromatic N) is 1. The Morgan fingerprint density at radius 1 is 1.47 bits per heavy atom. The number of carbonyl (C=O) groups excluding carboxylic acids is 2. The molecule has 0 aromatic carbocycles. The normalized spacial score (nSPS) is 9.47. The molecule has 1 heterocycles. The molecule has 0 atom stereocenters. The number of aryl methyl sites for hydroxylation is 1. The van der Waals surface area contributed by atoms with Crippen molar-refractivity contribution in [1.82, 2.24) is 4.98 Å². The van der Waals surface area contributed by atoms with Crippen molar-refractivity contribution in [3.8, 4) is 0 Å². The van der Waals surface area contributed by atoms with Crippen molar-refractivity contribution in [3.63, 3.8) is 0 Å². The van der Waals surface area contributed by atoms with Crippen molar-refractivity contribution >= 4 is 17.6 Å². The van der Waals surface area contributed by atoms with Crippen LogP contribution in [0.15, 0.2) is 18.3 Å². The number of aromatic nitrogens is 1. The molecule has 1 aromatic rings. The van der Waals surface area contributed by atoms with Crippen molar-refractivity contribution in [2.45, 2.75) is 13.8 Å². The third kappa shape index (κ3) is 3.38. The number of esters is 1. The van der Waals surface area contributed by atoms with Crippen LogP contribution in [0, 0.1) is 6.92 Å². The molecular formula is C10H12N2O3. The van der Waals surface area contributed by atoms with Gasteiger partial charge in [0.05, 0.1) is 18.5 Å². The maximum absolute atomic E-state index is 11.2. The molecule has 0 aliphatic heterocycles. The van der Waals surface area contributed by atoms with Crippen molar-refractivity contribution in [2.75, 3.05) is 11.9 Å². The van der Waals surface area contributed by atoms with Crippen molar-refractivity contribution in [2.24, 2.45) is 0 Å². The number of nitrogens with one attached hydrogen (secondary N) is 1. The molecule has 1 N–H and O–H groups in total. The second kappa shape index (κ2) is 5.09. The van der Waals surface area contributed by atoms with Crippen LogP contribution in [0.3, 0.4) is 0 Å². The minimum absolute atomic E-state index is 0.179. The van der Waals surface area contributed by atoms with E-state index in [-0.39, 0.29) is 6.61 Å². The maximum atomic E-state index is 11.2. The van der Waals surface area contributed by atoms with Gasteiger partial charge in [0, 0.05) is 5.69 Å². The maximum Gasteiger partial charge on any atom is 0.397 e. The number of rotatable bonds is 2. The third-order valence-corrected chi connectivity index (χ3v) is 1.63. The average Bonchev–Trinajstić information content (AvgIpc) is 2.22. The molecule has 0 aliphatic carbocycles. The van der Waals surface area contributed by atoms with Gasteiger partial charge in [0.25, 0.3) is 0 Å². The first-order chi connectivity index (χ1) is 7.13. The number of hydrogen-bond donors (Lipinski definition) is 1. The van der Waals surface area contributed by atoms with E-state index < -0.39 is 11.9 Å². The molecule has 15 heavy (non-hydrogen) atoms. The van der Waals surface area contributed by atoms with E-state index in [1.54, 1.807) is 19.1 Å². The SMILES string of the molecule is CCOC(=O)C(=O)Nc1ccc(C)nc1. The summed E-state index contributed by atoms with van der Waals surface area (Å²) in [5.74, 6) is -1.68. The van der Waals surface area contributed by atoms with Crippen LogP contribution in [-0.4, -0.2) is 23.5 Å². The number of ether oxygens (including phenoxy) is 1. The van der Waals surface area contributed by atoms with Gasteiger partial charge in [0.2, 0.25) is 0 Å². The van der Waals surface area contributed by atoms with E-state index in [2.05, 4.69) is 15.0 Å². The monoisotopic (exact) mass is 208 g/mol. The quantitative estimate of drug-likeness (QED) is 0.579. The Morgan fingerprint density at radius 2 is 2.20 bits per heavy atom. The summed E-state index contributed by atoms with van der Waals surface area (Å²) < 4.78 is 4.53. The van der Waals surface area contributed by atoms with E-state index in [1.165, 1.54) is 6.20 Å². The van der Waals surface area contributed by atoms with Gasteiger partial charge in [0.15, 0.2) is 0 Å². The lowest BCUT2D eigenvalue weighted by Crippen LogP contribution is -2.25. The van der Waals surface area contributed by atoms with Gasteiger partial charge in [0.1, 0.15) is 0 Å². The fraction of sp³-hybridized carbons (Fsp3) is 0.300. The first-order valence-corrected chi connectivity index (χ1v) is 4.54. The number of amides is 1. The third-order valence-electron chi connectivity index (χ3n) is 1.63. The first-order valence-electron chi connectivity index (χ1n) is 4.54. The highest BCUT2D eigenvalue weighted by Gasteiger charge is 2.14.